The van der Waals surface area contributed by atoms with Crippen molar-refractivity contribution in [3.63, 3.8) is 0 Å². The van der Waals surface area contributed by atoms with Crippen molar-refractivity contribution in [3.8, 4) is 0 Å². The van der Waals surface area contributed by atoms with Gasteiger partial charge in [0.25, 0.3) is 11.8 Å². The van der Waals surface area contributed by atoms with Gasteiger partial charge in [-0.15, -0.1) is 0 Å². The van der Waals surface area contributed by atoms with Gasteiger partial charge in [-0.3, -0.25) is 19.8 Å². The van der Waals surface area contributed by atoms with Gasteiger partial charge in [-0.05, 0) is 52.3 Å². The highest BCUT2D eigenvalue weighted by Gasteiger charge is 2.39. The van der Waals surface area contributed by atoms with Crippen molar-refractivity contribution >= 4 is 55.3 Å². The fourth-order valence-corrected chi connectivity index (χ4v) is 3.20. The molecule has 8 heteroatoms. The van der Waals surface area contributed by atoms with Gasteiger partial charge in [-0.25, -0.2) is 10.3 Å². The molecule has 2 N–H and O–H groups in total. The van der Waals surface area contributed by atoms with E-state index in [1.54, 1.807) is 48.5 Å². The highest BCUT2D eigenvalue weighted by atomic mass is 79.9. The summed E-state index contributed by atoms with van der Waals surface area (Å²) in [5.41, 5.74) is 6.07. The minimum absolute atomic E-state index is 0.0227. The number of rotatable bonds is 4. The molecule has 3 rings (SSSR count). The number of carbonyl (C=O) groups excluding carboxylic acids is 3. The third-order valence-corrected chi connectivity index (χ3v) is 4.93. The summed E-state index contributed by atoms with van der Waals surface area (Å²) in [4.78, 5) is 38.0. The van der Waals surface area contributed by atoms with Crippen molar-refractivity contribution < 1.29 is 14.4 Å². The lowest BCUT2D eigenvalue weighted by molar-refractivity contribution is -0.121. The lowest BCUT2D eigenvalue weighted by Gasteiger charge is -2.16. The summed E-state index contributed by atoms with van der Waals surface area (Å²) < 4.78 is 1.49. The Kier molecular flexibility index (Phi) is 5.31. The van der Waals surface area contributed by atoms with Crippen molar-refractivity contribution in [2.45, 2.75) is 12.5 Å². The standard InChI is InChI=1S/C17H13Br2N3O3/c18-10-5-7-11(8-6-10)22-15(23)9-14(17(22)25)20-21-16(24)12-3-1-2-4-13(12)19/h1-8,14,20H,9H2,(H,21,24). The van der Waals surface area contributed by atoms with Crippen LogP contribution in [0.5, 0.6) is 0 Å². The fraction of sp³-hybridized carbons (Fsp3) is 0.118. The molecule has 0 aromatic heterocycles. The summed E-state index contributed by atoms with van der Waals surface area (Å²) in [6.45, 7) is 0. The molecule has 1 heterocycles. The van der Waals surface area contributed by atoms with Crippen molar-refractivity contribution in [2.24, 2.45) is 0 Å². The molecule has 1 aliphatic rings. The Morgan fingerprint density at radius 3 is 2.40 bits per heavy atom. The van der Waals surface area contributed by atoms with E-state index in [2.05, 4.69) is 42.7 Å². The minimum Gasteiger partial charge on any atom is -0.287 e. The van der Waals surface area contributed by atoms with E-state index in [1.807, 2.05) is 0 Å². The lowest BCUT2D eigenvalue weighted by atomic mass is 10.2. The van der Waals surface area contributed by atoms with E-state index in [-0.39, 0.29) is 12.3 Å². The van der Waals surface area contributed by atoms with E-state index >= 15 is 0 Å². The second kappa shape index (κ2) is 7.47. The average molecular weight is 467 g/mol. The zero-order chi connectivity index (χ0) is 18.0. The van der Waals surface area contributed by atoms with Crippen LogP contribution in [0.2, 0.25) is 0 Å². The Labute approximate surface area is 160 Å². The Bertz CT molecular complexity index is 839. The SMILES string of the molecule is O=C(NNC1CC(=O)N(c2ccc(Br)cc2)C1=O)c1ccccc1Br. The van der Waals surface area contributed by atoms with Crippen molar-refractivity contribution in [1.82, 2.24) is 10.9 Å². The number of carbonyl (C=O) groups is 3. The highest BCUT2D eigenvalue weighted by Crippen LogP contribution is 2.24. The number of nitrogens with zero attached hydrogens (tertiary/aromatic N) is 1. The monoisotopic (exact) mass is 465 g/mol. The molecule has 1 saturated heterocycles. The lowest BCUT2D eigenvalue weighted by Crippen LogP contribution is -2.48. The van der Waals surface area contributed by atoms with Crippen LogP contribution in [0.1, 0.15) is 16.8 Å². The third-order valence-electron chi connectivity index (χ3n) is 3.71. The minimum atomic E-state index is -0.803. The van der Waals surface area contributed by atoms with E-state index < -0.39 is 17.9 Å². The number of imide groups is 1. The third kappa shape index (κ3) is 3.81. The molecule has 0 spiro atoms. The van der Waals surface area contributed by atoms with Crippen molar-refractivity contribution in [3.05, 3.63) is 63.0 Å². The van der Waals surface area contributed by atoms with Gasteiger partial charge in [0, 0.05) is 8.95 Å². The normalized spacial score (nSPS) is 17.0. The van der Waals surface area contributed by atoms with Crippen LogP contribution in [-0.2, 0) is 9.59 Å². The van der Waals surface area contributed by atoms with Crippen LogP contribution >= 0.6 is 31.9 Å². The smallest absolute Gasteiger partial charge is 0.266 e. The Hall–Kier alpha value is -2.03. The molecule has 1 unspecified atom stereocenters. The maximum Gasteiger partial charge on any atom is 0.266 e. The van der Waals surface area contributed by atoms with Gasteiger partial charge in [-0.2, -0.15) is 0 Å². The molecule has 1 fully saturated rings. The maximum absolute atomic E-state index is 12.5. The predicted octanol–water partition coefficient (Wildman–Crippen LogP) is 2.78. The Morgan fingerprint density at radius 1 is 1.04 bits per heavy atom. The zero-order valence-corrected chi connectivity index (χ0v) is 16.0. The molecule has 25 heavy (non-hydrogen) atoms. The molecule has 2 aromatic rings. The van der Waals surface area contributed by atoms with E-state index in [0.29, 0.717) is 15.7 Å². The van der Waals surface area contributed by atoms with Crippen molar-refractivity contribution in [2.75, 3.05) is 4.90 Å². The quantitative estimate of drug-likeness (QED) is 0.536. The van der Waals surface area contributed by atoms with Gasteiger partial charge in [0.15, 0.2) is 0 Å². The predicted molar refractivity (Wildman–Crippen MR) is 99.8 cm³/mol. The number of hydrogen-bond donors (Lipinski definition) is 2. The number of amides is 3. The zero-order valence-electron chi connectivity index (χ0n) is 12.8. The second-order valence-electron chi connectivity index (χ2n) is 5.38. The molecule has 128 valence electrons. The first-order valence-corrected chi connectivity index (χ1v) is 8.99. The van der Waals surface area contributed by atoms with Gasteiger partial charge in [0.1, 0.15) is 6.04 Å². The summed E-state index contributed by atoms with van der Waals surface area (Å²) in [6, 6.07) is 13.0. The number of hydrogen-bond acceptors (Lipinski definition) is 4. The molecule has 0 radical (unpaired) electrons. The van der Waals surface area contributed by atoms with Gasteiger partial charge >= 0.3 is 0 Å². The van der Waals surface area contributed by atoms with Crippen LogP contribution in [0.4, 0.5) is 5.69 Å². The van der Waals surface area contributed by atoms with Crippen LogP contribution in [0.15, 0.2) is 57.5 Å². The summed E-state index contributed by atoms with van der Waals surface area (Å²) in [5, 5.41) is 0. The molecule has 6 nitrogen and oxygen atoms in total. The van der Waals surface area contributed by atoms with Gasteiger partial charge in [0.2, 0.25) is 5.91 Å². The van der Waals surface area contributed by atoms with Gasteiger partial charge in [-0.1, -0.05) is 28.1 Å². The summed E-state index contributed by atoms with van der Waals surface area (Å²) in [7, 11) is 0. The number of nitrogens with one attached hydrogen (secondary N) is 2. The van der Waals surface area contributed by atoms with E-state index in [4.69, 9.17) is 0 Å². The molecular weight excluding hydrogens is 454 g/mol. The number of benzene rings is 2. The average Bonchev–Trinajstić information content (AvgIpc) is 2.88. The summed E-state index contributed by atoms with van der Waals surface area (Å²) >= 11 is 6.61. The fourth-order valence-electron chi connectivity index (χ4n) is 2.47. The van der Waals surface area contributed by atoms with Crippen molar-refractivity contribution in [1.29, 1.82) is 0 Å². The van der Waals surface area contributed by atoms with E-state index in [0.717, 1.165) is 9.37 Å². The van der Waals surface area contributed by atoms with Gasteiger partial charge < -0.3 is 0 Å². The molecule has 2 aromatic carbocycles. The second-order valence-corrected chi connectivity index (χ2v) is 7.15. The van der Waals surface area contributed by atoms with Crippen LogP contribution in [0, 0.1) is 0 Å². The van der Waals surface area contributed by atoms with Gasteiger partial charge in [0.05, 0.1) is 17.7 Å². The molecular formula is C17H13Br2N3O3. The number of halogens is 2. The first kappa shape index (κ1) is 17.8. The molecule has 1 aliphatic heterocycles. The number of hydrazine groups is 1. The Morgan fingerprint density at radius 2 is 1.72 bits per heavy atom. The highest BCUT2D eigenvalue weighted by molar-refractivity contribution is 9.10. The van der Waals surface area contributed by atoms with Crippen LogP contribution in [-0.4, -0.2) is 23.8 Å². The van der Waals surface area contributed by atoms with E-state index in [9.17, 15) is 14.4 Å². The molecule has 0 aliphatic carbocycles. The Balaban J connectivity index is 1.67. The maximum atomic E-state index is 12.5. The van der Waals surface area contributed by atoms with E-state index in [1.165, 1.54) is 0 Å². The largest absolute Gasteiger partial charge is 0.287 e. The molecule has 0 bridgehead atoms. The number of anilines is 1. The van der Waals surface area contributed by atoms with Crippen LogP contribution in [0.25, 0.3) is 0 Å². The summed E-state index contributed by atoms with van der Waals surface area (Å²) in [6.07, 6.45) is -0.0227. The molecule has 0 saturated carbocycles. The van der Waals surface area contributed by atoms with Crippen LogP contribution in [0.3, 0.4) is 0 Å². The first-order chi connectivity index (χ1) is 12.0. The topological polar surface area (TPSA) is 78.5 Å². The van der Waals surface area contributed by atoms with Crippen LogP contribution < -0.4 is 15.8 Å². The molecule has 1 atom stereocenters. The summed E-state index contributed by atoms with van der Waals surface area (Å²) in [5.74, 6) is -1.12. The first-order valence-electron chi connectivity index (χ1n) is 7.40. The molecule has 3 amide bonds.